The molecule has 1 saturated carbocycles. The number of carbonyl (C=O) groups is 1. The van der Waals surface area contributed by atoms with Crippen molar-refractivity contribution in [3.05, 3.63) is 36.0 Å². The molecular formula is C18H21N5O2S. The van der Waals surface area contributed by atoms with Gasteiger partial charge in [-0.3, -0.25) is 9.89 Å². The van der Waals surface area contributed by atoms with Crippen molar-refractivity contribution in [3.63, 3.8) is 0 Å². The smallest absolute Gasteiger partial charge is 0.251 e. The Morgan fingerprint density at radius 1 is 1.31 bits per heavy atom. The van der Waals surface area contributed by atoms with E-state index in [1.165, 1.54) is 37.4 Å². The van der Waals surface area contributed by atoms with Gasteiger partial charge in [0.1, 0.15) is 11.8 Å². The summed E-state index contributed by atoms with van der Waals surface area (Å²) in [5.41, 5.74) is 2.10. The molecule has 1 aliphatic rings. The second kappa shape index (κ2) is 7.90. The van der Waals surface area contributed by atoms with Crippen molar-refractivity contribution >= 4 is 28.8 Å². The molecule has 3 aromatic rings. The molecule has 136 valence electrons. The summed E-state index contributed by atoms with van der Waals surface area (Å²) in [5, 5.41) is 10.2. The third-order valence-electron chi connectivity index (χ3n) is 4.64. The summed E-state index contributed by atoms with van der Waals surface area (Å²) >= 11 is 1.51. The van der Waals surface area contributed by atoms with E-state index in [2.05, 4.69) is 25.5 Å². The van der Waals surface area contributed by atoms with Crippen molar-refractivity contribution < 1.29 is 9.21 Å². The second-order valence-corrected chi connectivity index (χ2v) is 7.55. The standard InChI is InChI=1S/C18H21N5O2S/c24-16(19-8-9-26-18-20-11-21-23-18)13-6-7-14-15(10-13)25-17(22-14)12-4-2-1-3-5-12/h6-7,10-12H,1-5,8-9H2,(H,19,24)(H,20,21,23). The minimum absolute atomic E-state index is 0.110. The molecule has 0 bridgehead atoms. The topological polar surface area (TPSA) is 96.7 Å². The molecule has 7 nitrogen and oxygen atoms in total. The summed E-state index contributed by atoms with van der Waals surface area (Å²) in [6, 6.07) is 5.45. The van der Waals surface area contributed by atoms with E-state index >= 15 is 0 Å². The Bertz CT molecular complexity index is 871. The maximum absolute atomic E-state index is 12.3. The van der Waals surface area contributed by atoms with Gasteiger partial charge in [-0.2, -0.15) is 5.10 Å². The summed E-state index contributed by atoms with van der Waals surface area (Å²) in [6.07, 6.45) is 7.53. The van der Waals surface area contributed by atoms with E-state index in [1.54, 1.807) is 12.1 Å². The average Bonchev–Trinajstić information content (AvgIpc) is 3.34. The summed E-state index contributed by atoms with van der Waals surface area (Å²) in [7, 11) is 0. The van der Waals surface area contributed by atoms with Crippen LogP contribution < -0.4 is 5.32 Å². The van der Waals surface area contributed by atoms with Gasteiger partial charge >= 0.3 is 0 Å². The first-order valence-corrected chi connectivity index (χ1v) is 9.95. The predicted molar refractivity (Wildman–Crippen MR) is 99.3 cm³/mol. The molecule has 0 unspecified atom stereocenters. The summed E-state index contributed by atoms with van der Waals surface area (Å²) in [6.45, 7) is 0.548. The maximum Gasteiger partial charge on any atom is 0.251 e. The van der Waals surface area contributed by atoms with Gasteiger partial charge in [-0.25, -0.2) is 9.97 Å². The highest BCUT2D eigenvalue weighted by molar-refractivity contribution is 7.99. The molecule has 2 N–H and O–H groups in total. The Labute approximate surface area is 155 Å². The van der Waals surface area contributed by atoms with Gasteiger partial charge in [0.15, 0.2) is 16.6 Å². The number of amides is 1. The number of aromatic nitrogens is 4. The van der Waals surface area contributed by atoms with Crippen LogP contribution in [0, 0.1) is 0 Å². The monoisotopic (exact) mass is 371 g/mol. The molecule has 0 aliphatic heterocycles. The van der Waals surface area contributed by atoms with Crippen LogP contribution in [0.25, 0.3) is 11.1 Å². The number of oxazole rings is 1. The Balaban J connectivity index is 1.37. The first kappa shape index (κ1) is 17.1. The molecular weight excluding hydrogens is 350 g/mol. The highest BCUT2D eigenvalue weighted by atomic mass is 32.2. The van der Waals surface area contributed by atoms with Gasteiger partial charge < -0.3 is 9.73 Å². The summed E-state index contributed by atoms with van der Waals surface area (Å²) < 4.78 is 5.96. The predicted octanol–water partition coefficient (Wildman–Crippen LogP) is 3.52. The van der Waals surface area contributed by atoms with E-state index < -0.39 is 0 Å². The molecule has 0 saturated heterocycles. The molecule has 0 spiro atoms. The summed E-state index contributed by atoms with van der Waals surface area (Å²) in [5.74, 6) is 1.85. The van der Waals surface area contributed by atoms with Gasteiger partial charge in [0.25, 0.3) is 5.91 Å². The number of H-pyrrole nitrogens is 1. The first-order valence-electron chi connectivity index (χ1n) is 8.96. The molecule has 4 rings (SSSR count). The molecule has 2 aromatic heterocycles. The lowest BCUT2D eigenvalue weighted by Gasteiger charge is -2.17. The number of rotatable bonds is 6. The second-order valence-electron chi connectivity index (χ2n) is 6.46. The lowest BCUT2D eigenvalue weighted by atomic mass is 9.89. The van der Waals surface area contributed by atoms with E-state index in [0.717, 1.165) is 35.2 Å². The van der Waals surface area contributed by atoms with Crippen molar-refractivity contribution in [1.82, 2.24) is 25.5 Å². The third kappa shape index (κ3) is 3.90. The SMILES string of the molecule is O=C(NCCSc1ncn[nH]1)c1ccc2nc(C3CCCCC3)oc2c1. The third-order valence-corrected chi connectivity index (χ3v) is 5.52. The molecule has 1 fully saturated rings. The Hall–Kier alpha value is -2.35. The van der Waals surface area contributed by atoms with Crippen LogP contribution in [0.1, 0.15) is 54.3 Å². The molecule has 2 heterocycles. The highest BCUT2D eigenvalue weighted by Crippen LogP contribution is 2.33. The number of nitrogens with zero attached hydrogens (tertiary/aromatic N) is 3. The van der Waals surface area contributed by atoms with Crippen molar-refractivity contribution in [3.8, 4) is 0 Å². The van der Waals surface area contributed by atoms with E-state index in [4.69, 9.17) is 4.42 Å². The molecule has 1 aliphatic carbocycles. The molecule has 1 aromatic carbocycles. The van der Waals surface area contributed by atoms with Crippen molar-refractivity contribution in [1.29, 1.82) is 0 Å². The van der Waals surface area contributed by atoms with E-state index in [-0.39, 0.29) is 5.91 Å². The van der Waals surface area contributed by atoms with E-state index in [0.29, 0.717) is 23.6 Å². The Morgan fingerprint density at radius 2 is 2.19 bits per heavy atom. The van der Waals surface area contributed by atoms with Crippen LogP contribution in [0.2, 0.25) is 0 Å². The number of hydrogen-bond acceptors (Lipinski definition) is 6. The fourth-order valence-electron chi connectivity index (χ4n) is 3.29. The zero-order chi connectivity index (χ0) is 17.8. The van der Waals surface area contributed by atoms with Crippen LogP contribution >= 0.6 is 11.8 Å². The van der Waals surface area contributed by atoms with Gasteiger partial charge in [-0.05, 0) is 31.0 Å². The van der Waals surface area contributed by atoms with E-state index in [1.807, 2.05) is 6.07 Å². The normalized spacial score (nSPS) is 15.4. The van der Waals surface area contributed by atoms with Crippen molar-refractivity contribution in [2.75, 3.05) is 12.3 Å². The van der Waals surface area contributed by atoms with Gasteiger partial charge in [-0.15, -0.1) is 0 Å². The van der Waals surface area contributed by atoms with Crippen LogP contribution in [0.3, 0.4) is 0 Å². The lowest BCUT2D eigenvalue weighted by molar-refractivity contribution is 0.0956. The Morgan fingerprint density at radius 3 is 3.00 bits per heavy atom. The molecule has 26 heavy (non-hydrogen) atoms. The average molecular weight is 371 g/mol. The van der Waals surface area contributed by atoms with Gasteiger partial charge in [0.2, 0.25) is 0 Å². The van der Waals surface area contributed by atoms with Gasteiger partial charge in [0.05, 0.1) is 0 Å². The van der Waals surface area contributed by atoms with Crippen LogP contribution in [-0.4, -0.2) is 38.4 Å². The van der Waals surface area contributed by atoms with Crippen LogP contribution in [0.4, 0.5) is 0 Å². The quantitative estimate of drug-likeness (QED) is 0.508. The molecule has 1 amide bonds. The van der Waals surface area contributed by atoms with Gasteiger partial charge in [0, 0.05) is 23.8 Å². The zero-order valence-corrected chi connectivity index (χ0v) is 15.2. The number of thioether (sulfide) groups is 1. The number of nitrogens with one attached hydrogen (secondary N) is 2. The van der Waals surface area contributed by atoms with Crippen LogP contribution in [-0.2, 0) is 0 Å². The minimum Gasteiger partial charge on any atom is -0.440 e. The number of carbonyl (C=O) groups excluding carboxylic acids is 1. The largest absolute Gasteiger partial charge is 0.440 e. The summed E-state index contributed by atoms with van der Waals surface area (Å²) in [4.78, 5) is 21.0. The zero-order valence-electron chi connectivity index (χ0n) is 14.4. The number of benzene rings is 1. The van der Waals surface area contributed by atoms with E-state index in [9.17, 15) is 4.79 Å². The number of aromatic amines is 1. The fraction of sp³-hybridized carbons (Fsp3) is 0.444. The molecule has 0 atom stereocenters. The van der Waals surface area contributed by atoms with Crippen LogP contribution in [0.15, 0.2) is 34.1 Å². The fourth-order valence-corrected chi connectivity index (χ4v) is 3.92. The molecule has 8 heteroatoms. The first-order chi connectivity index (χ1) is 12.8. The minimum atomic E-state index is -0.110. The Kier molecular flexibility index (Phi) is 5.19. The van der Waals surface area contributed by atoms with Gasteiger partial charge in [-0.1, -0.05) is 31.0 Å². The van der Waals surface area contributed by atoms with Crippen molar-refractivity contribution in [2.24, 2.45) is 0 Å². The van der Waals surface area contributed by atoms with Crippen molar-refractivity contribution in [2.45, 2.75) is 43.2 Å². The van der Waals surface area contributed by atoms with Crippen LogP contribution in [0.5, 0.6) is 0 Å². The maximum atomic E-state index is 12.3. The number of fused-ring (bicyclic) bond motifs is 1. The molecule has 0 radical (unpaired) electrons. The number of hydrogen-bond donors (Lipinski definition) is 2. The lowest BCUT2D eigenvalue weighted by Crippen LogP contribution is -2.25. The highest BCUT2D eigenvalue weighted by Gasteiger charge is 2.21.